The molecule has 0 aliphatic rings. The highest BCUT2D eigenvalue weighted by Gasteiger charge is 2.10. The fourth-order valence-corrected chi connectivity index (χ4v) is 1.01. The molecule has 0 spiro atoms. The Balaban J connectivity index is 2.52. The van der Waals surface area contributed by atoms with Gasteiger partial charge in [-0.25, -0.2) is 4.98 Å². The van der Waals surface area contributed by atoms with E-state index in [4.69, 9.17) is 5.41 Å². The molecule has 4 heteroatoms. The lowest BCUT2D eigenvalue weighted by Gasteiger charge is -2.19. The van der Waals surface area contributed by atoms with Gasteiger partial charge >= 0.3 is 0 Å². The standard InChI is InChI=1S/C9H16N4/c1-7(13(2)3)4-8(10)9-5-11-6-12-9/h5-7,10H,4H2,1-3H3,(H,11,12). The SMILES string of the molecule is CC(CC(=N)c1c[nH]cn1)N(C)C. The maximum absolute atomic E-state index is 7.76. The molecule has 0 bridgehead atoms. The van der Waals surface area contributed by atoms with E-state index in [1.165, 1.54) is 0 Å². The van der Waals surface area contributed by atoms with Crippen LogP contribution in [0.3, 0.4) is 0 Å². The average molecular weight is 180 g/mol. The van der Waals surface area contributed by atoms with Gasteiger partial charge in [-0.2, -0.15) is 0 Å². The quantitative estimate of drug-likeness (QED) is 0.682. The molecular formula is C9H16N4. The molecule has 1 rings (SSSR count). The highest BCUT2D eigenvalue weighted by atomic mass is 15.1. The Morgan fingerprint density at radius 1 is 1.69 bits per heavy atom. The van der Waals surface area contributed by atoms with E-state index in [-0.39, 0.29) is 0 Å². The second kappa shape index (κ2) is 4.18. The van der Waals surface area contributed by atoms with E-state index in [9.17, 15) is 0 Å². The predicted octanol–water partition coefficient (Wildman–Crippen LogP) is 1.12. The monoisotopic (exact) mass is 180 g/mol. The molecule has 1 heterocycles. The molecule has 2 N–H and O–H groups in total. The van der Waals surface area contributed by atoms with Crippen LogP contribution in [0.25, 0.3) is 0 Å². The van der Waals surface area contributed by atoms with Crippen molar-refractivity contribution in [3.63, 3.8) is 0 Å². The molecular weight excluding hydrogens is 164 g/mol. The molecule has 4 nitrogen and oxygen atoms in total. The third-order valence-electron chi connectivity index (χ3n) is 2.19. The minimum atomic E-state index is 0.379. The Kier molecular flexibility index (Phi) is 3.19. The van der Waals surface area contributed by atoms with Crippen LogP contribution in [-0.4, -0.2) is 40.7 Å². The highest BCUT2D eigenvalue weighted by Crippen LogP contribution is 2.04. The summed E-state index contributed by atoms with van der Waals surface area (Å²) in [4.78, 5) is 8.98. The van der Waals surface area contributed by atoms with Gasteiger partial charge in [-0.1, -0.05) is 0 Å². The van der Waals surface area contributed by atoms with Crippen molar-refractivity contribution in [3.05, 3.63) is 18.2 Å². The first-order valence-corrected chi connectivity index (χ1v) is 4.34. The molecule has 1 aromatic heterocycles. The number of imidazole rings is 1. The van der Waals surface area contributed by atoms with E-state index in [1.807, 2.05) is 14.1 Å². The number of aromatic nitrogens is 2. The van der Waals surface area contributed by atoms with Crippen molar-refractivity contribution < 1.29 is 0 Å². The van der Waals surface area contributed by atoms with E-state index in [0.717, 1.165) is 12.1 Å². The van der Waals surface area contributed by atoms with Crippen molar-refractivity contribution in [2.45, 2.75) is 19.4 Å². The molecule has 0 radical (unpaired) electrons. The first kappa shape index (κ1) is 9.92. The van der Waals surface area contributed by atoms with Crippen LogP contribution in [0.4, 0.5) is 0 Å². The average Bonchev–Trinajstić information content (AvgIpc) is 2.55. The Bertz CT molecular complexity index is 263. The molecule has 1 aromatic rings. The topological polar surface area (TPSA) is 55.8 Å². The summed E-state index contributed by atoms with van der Waals surface area (Å²) in [7, 11) is 4.03. The summed E-state index contributed by atoms with van der Waals surface area (Å²) in [5, 5.41) is 7.76. The predicted molar refractivity (Wildman–Crippen MR) is 53.2 cm³/mol. The Morgan fingerprint density at radius 2 is 2.38 bits per heavy atom. The van der Waals surface area contributed by atoms with Gasteiger partial charge in [0.2, 0.25) is 0 Å². The summed E-state index contributed by atoms with van der Waals surface area (Å²) in [6.07, 6.45) is 4.09. The van der Waals surface area contributed by atoms with Gasteiger partial charge in [0.05, 0.1) is 12.0 Å². The minimum absolute atomic E-state index is 0.379. The zero-order valence-corrected chi connectivity index (χ0v) is 8.33. The normalized spacial score (nSPS) is 13.2. The van der Waals surface area contributed by atoms with Crippen molar-refractivity contribution in [3.8, 4) is 0 Å². The van der Waals surface area contributed by atoms with E-state index in [0.29, 0.717) is 11.8 Å². The summed E-state index contributed by atoms with van der Waals surface area (Å²) in [5.41, 5.74) is 1.33. The summed E-state index contributed by atoms with van der Waals surface area (Å²) < 4.78 is 0. The van der Waals surface area contributed by atoms with E-state index in [2.05, 4.69) is 21.8 Å². The van der Waals surface area contributed by atoms with Crippen LogP contribution in [0.1, 0.15) is 19.0 Å². The summed E-state index contributed by atoms with van der Waals surface area (Å²) in [6, 6.07) is 0.379. The highest BCUT2D eigenvalue weighted by molar-refractivity contribution is 5.96. The second-order valence-corrected chi connectivity index (χ2v) is 3.45. The molecule has 0 amide bonds. The van der Waals surface area contributed by atoms with Gasteiger partial charge < -0.3 is 15.3 Å². The number of H-pyrrole nitrogens is 1. The first-order valence-electron chi connectivity index (χ1n) is 4.34. The van der Waals surface area contributed by atoms with E-state index in [1.54, 1.807) is 12.5 Å². The number of nitrogens with zero attached hydrogens (tertiary/aromatic N) is 2. The summed E-state index contributed by atoms with van der Waals surface area (Å²) in [6.45, 7) is 2.10. The molecule has 0 aliphatic carbocycles. The van der Waals surface area contributed by atoms with Crippen LogP contribution < -0.4 is 0 Å². The smallest absolute Gasteiger partial charge is 0.102 e. The van der Waals surface area contributed by atoms with Crippen LogP contribution >= 0.6 is 0 Å². The molecule has 0 fully saturated rings. The Morgan fingerprint density at radius 3 is 2.85 bits per heavy atom. The van der Waals surface area contributed by atoms with Crippen LogP contribution in [0.15, 0.2) is 12.5 Å². The lowest BCUT2D eigenvalue weighted by molar-refractivity contribution is 0.321. The van der Waals surface area contributed by atoms with Crippen molar-refractivity contribution in [1.29, 1.82) is 5.41 Å². The largest absolute Gasteiger partial charge is 0.351 e. The molecule has 13 heavy (non-hydrogen) atoms. The van der Waals surface area contributed by atoms with Gasteiger partial charge in [0.25, 0.3) is 0 Å². The first-order chi connectivity index (χ1) is 6.11. The molecule has 1 unspecified atom stereocenters. The minimum Gasteiger partial charge on any atom is -0.351 e. The van der Waals surface area contributed by atoms with Crippen LogP contribution in [0.2, 0.25) is 0 Å². The Labute approximate surface area is 78.5 Å². The maximum Gasteiger partial charge on any atom is 0.102 e. The molecule has 1 atom stereocenters. The Hall–Kier alpha value is -1.16. The van der Waals surface area contributed by atoms with Crippen LogP contribution in [0, 0.1) is 5.41 Å². The molecule has 0 aliphatic heterocycles. The summed E-state index contributed by atoms with van der Waals surface area (Å²) >= 11 is 0. The zero-order chi connectivity index (χ0) is 9.84. The molecule has 72 valence electrons. The summed E-state index contributed by atoms with van der Waals surface area (Å²) in [5.74, 6) is 0. The van der Waals surface area contributed by atoms with Gasteiger partial charge in [-0.15, -0.1) is 0 Å². The zero-order valence-electron chi connectivity index (χ0n) is 8.33. The third-order valence-corrected chi connectivity index (χ3v) is 2.19. The molecule has 0 saturated heterocycles. The van der Waals surface area contributed by atoms with E-state index < -0.39 is 0 Å². The molecule has 0 saturated carbocycles. The fraction of sp³-hybridized carbons (Fsp3) is 0.556. The molecule has 0 aromatic carbocycles. The number of rotatable bonds is 4. The van der Waals surface area contributed by atoms with Gasteiger partial charge in [0.1, 0.15) is 5.69 Å². The van der Waals surface area contributed by atoms with Gasteiger partial charge in [0.15, 0.2) is 0 Å². The maximum atomic E-state index is 7.76. The van der Waals surface area contributed by atoms with Gasteiger partial charge in [-0.05, 0) is 21.0 Å². The lowest BCUT2D eigenvalue weighted by atomic mass is 10.1. The van der Waals surface area contributed by atoms with Gasteiger partial charge in [0, 0.05) is 18.7 Å². The number of nitrogens with one attached hydrogen (secondary N) is 2. The van der Waals surface area contributed by atoms with Crippen LogP contribution in [0.5, 0.6) is 0 Å². The second-order valence-electron chi connectivity index (χ2n) is 3.45. The fourth-order valence-electron chi connectivity index (χ4n) is 1.01. The number of hydrogen-bond donors (Lipinski definition) is 2. The van der Waals surface area contributed by atoms with Crippen LogP contribution in [-0.2, 0) is 0 Å². The van der Waals surface area contributed by atoms with Crippen molar-refractivity contribution in [1.82, 2.24) is 14.9 Å². The van der Waals surface area contributed by atoms with Crippen molar-refractivity contribution in [2.75, 3.05) is 14.1 Å². The van der Waals surface area contributed by atoms with E-state index >= 15 is 0 Å². The van der Waals surface area contributed by atoms with Gasteiger partial charge in [-0.3, -0.25) is 0 Å². The van der Waals surface area contributed by atoms with Crippen molar-refractivity contribution >= 4 is 5.71 Å². The third kappa shape index (κ3) is 2.66. The number of hydrogen-bond acceptors (Lipinski definition) is 3. The van der Waals surface area contributed by atoms with Crippen molar-refractivity contribution in [2.24, 2.45) is 0 Å². The lowest BCUT2D eigenvalue weighted by Crippen LogP contribution is -2.27. The number of aromatic amines is 1.